The van der Waals surface area contributed by atoms with Gasteiger partial charge in [-0.1, -0.05) is 25.7 Å². The monoisotopic (exact) mass is 312 g/mol. The van der Waals surface area contributed by atoms with Gasteiger partial charge in [-0.15, -0.1) is 0 Å². The third-order valence-electron chi connectivity index (χ3n) is 6.19. The van der Waals surface area contributed by atoms with E-state index in [9.17, 15) is 5.11 Å². The number of hydrogen-bond donors (Lipinski definition) is 3. The second-order valence-corrected chi connectivity index (χ2v) is 8.09. The van der Waals surface area contributed by atoms with Crippen LogP contribution in [0.1, 0.15) is 89.9 Å². The first kappa shape index (κ1) is 18.2. The van der Waals surface area contributed by atoms with Gasteiger partial charge < -0.3 is 15.3 Å². The lowest BCUT2D eigenvalue weighted by molar-refractivity contribution is 0.144. The molecule has 0 aromatic carbocycles. The molecule has 0 aromatic rings. The van der Waals surface area contributed by atoms with Crippen molar-refractivity contribution in [2.24, 2.45) is 10.8 Å². The molecule has 0 atom stereocenters. The Kier molecular flexibility index (Phi) is 7.17. The molecule has 0 radical (unpaired) electrons. The smallest absolute Gasteiger partial charge is 0.0540 e. The fourth-order valence-electron chi connectivity index (χ4n) is 3.98. The Hall–Kier alpha value is -0.120. The number of hydrogen-bond acceptors (Lipinski definition) is 3. The summed E-state index contributed by atoms with van der Waals surface area (Å²) in [6.07, 6.45) is 16.0. The lowest BCUT2D eigenvalue weighted by Crippen LogP contribution is -2.08. The molecule has 130 valence electrons. The Morgan fingerprint density at radius 1 is 0.636 bits per heavy atom. The average Bonchev–Trinajstić information content (AvgIpc) is 3.40. The van der Waals surface area contributed by atoms with Crippen LogP contribution in [-0.2, 0) is 0 Å². The van der Waals surface area contributed by atoms with Gasteiger partial charge in [-0.2, -0.15) is 0 Å². The predicted molar refractivity (Wildman–Crippen MR) is 89.7 cm³/mol. The summed E-state index contributed by atoms with van der Waals surface area (Å²) in [7, 11) is 0. The molecule has 0 aliphatic heterocycles. The second kappa shape index (κ2) is 8.65. The van der Waals surface area contributed by atoms with Gasteiger partial charge in [0.1, 0.15) is 0 Å². The molecule has 2 aliphatic rings. The lowest BCUT2D eigenvalue weighted by atomic mass is 9.93. The average molecular weight is 312 g/mol. The van der Waals surface area contributed by atoms with Crippen LogP contribution < -0.4 is 0 Å². The molecule has 2 saturated carbocycles. The fourth-order valence-corrected chi connectivity index (χ4v) is 3.98. The Balaban J connectivity index is 1.42. The summed E-state index contributed by atoms with van der Waals surface area (Å²) in [5.41, 5.74) is 0.954. The molecule has 0 amide bonds. The number of aliphatic hydroxyl groups excluding tert-OH is 3. The van der Waals surface area contributed by atoms with Gasteiger partial charge in [-0.3, -0.25) is 0 Å². The molecular weight excluding hydrogens is 276 g/mol. The van der Waals surface area contributed by atoms with Crippen molar-refractivity contribution in [1.82, 2.24) is 0 Å². The largest absolute Gasteiger partial charge is 0.396 e. The van der Waals surface area contributed by atoms with Crippen LogP contribution in [0.3, 0.4) is 0 Å². The summed E-state index contributed by atoms with van der Waals surface area (Å²) in [5, 5.41) is 28.2. The van der Waals surface area contributed by atoms with Crippen LogP contribution in [0.25, 0.3) is 0 Å². The summed E-state index contributed by atoms with van der Waals surface area (Å²) in [6, 6.07) is 0. The van der Waals surface area contributed by atoms with E-state index in [-0.39, 0.29) is 6.10 Å². The van der Waals surface area contributed by atoms with Crippen LogP contribution in [0.15, 0.2) is 0 Å². The van der Waals surface area contributed by atoms with E-state index >= 15 is 0 Å². The SMILES string of the molecule is OCCC1(CCCCC(O)CCCCC2(CCO)CC2)CC1. The lowest BCUT2D eigenvalue weighted by Gasteiger charge is -2.15. The van der Waals surface area contributed by atoms with Gasteiger partial charge in [-0.25, -0.2) is 0 Å². The molecule has 0 spiro atoms. The maximum atomic E-state index is 10.1. The summed E-state index contributed by atoms with van der Waals surface area (Å²) in [6.45, 7) is 0.667. The summed E-state index contributed by atoms with van der Waals surface area (Å²) in [4.78, 5) is 0. The molecule has 22 heavy (non-hydrogen) atoms. The van der Waals surface area contributed by atoms with Crippen LogP contribution in [0, 0.1) is 10.8 Å². The number of rotatable bonds is 14. The summed E-state index contributed by atoms with van der Waals surface area (Å²) < 4.78 is 0. The normalized spacial score (nSPS) is 21.3. The molecule has 0 unspecified atom stereocenters. The van der Waals surface area contributed by atoms with Crippen LogP contribution in [0.5, 0.6) is 0 Å². The molecule has 0 heterocycles. The van der Waals surface area contributed by atoms with Gasteiger partial charge in [0.25, 0.3) is 0 Å². The van der Waals surface area contributed by atoms with E-state index < -0.39 is 0 Å². The van der Waals surface area contributed by atoms with Crippen LogP contribution in [0.4, 0.5) is 0 Å². The molecule has 3 nitrogen and oxygen atoms in total. The maximum absolute atomic E-state index is 10.1. The molecule has 0 saturated heterocycles. The molecule has 2 fully saturated rings. The highest BCUT2D eigenvalue weighted by Gasteiger charge is 2.41. The van der Waals surface area contributed by atoms with Crippen LogP contribution >= 0.6 is 0 Å². The van der Waals surface area contributed by atoms with E-state index in [1.807, 2.05) is 0 Å². The van der Waals surface area contributed by atoms with E-state index in [2.05, 4.69) is 0 Å². The zero-order valence-corrected chi connectivity index (χ0v) is 14.2. The number of unbranched alkanes of at least 4 members (excludes halogenated alkanes) is 2. The number of aliphatic hydroxyl groups is 3. The first-order valence-electron chi connectivity index (χ1n) is 9.54. The van der Waals surface area contributed by atoms with Gasteiger partial charge in [0.15, 0.2) is 0 Å². The Bertz CT molecular complexity index is 278. The maximum Gasteiger partial charge on any atom is 0.0540 e. The van der Waals surface area contributed by atoms with Crippen LogP contribution in [0.2, 0.25) is 0 Å². The van der Waals surface area contributed by atoms with Gasteiger partial charge in [0.2, 0.25) is 0 Å². The van der Waals surface area contributed by atoms with E-state index in [0.29, 0.717) is 24.0 Å². The zero-order chi connectivity index (χ0) is 15.9. The summed E-state index contributed by atoms with van der Waals surface area (Å²) >= 11 is 0. The van der Waals surface area contributed by atoms with Crippen molar-refractivity contribution in [3.8, 4) is 0 Å². The van der Waals surface area contributed by atoms with Gasteiger partial charge in [0.05, 0.1) is 6.10 Å². The predicted octanol–water partition coefficient (Wildman–Crippen LogP) is 3.79. The third kappa shape index (κ3) is 6.17. The zero-order valence-electron chi connectivity index (χ0n) is 14.2. The second-order valence-electron chi connectivity index (χ2n) is 8.09. The highest BCUT2D eigenvalue weighted by Crippen LogP contribution is 2.53. The van der Waals surface area contributed by atoms with Crippen molar-refractivity contribution in [3.63, 3.8) is 0 Å². The molecule has 2 aliphatic carbocycles. The van der Waals surface area contributed by atoms with Crippen molar-refractivity contribution in [2.45, 2.75) is 96.0 Å². The highest BCUT2D eigenvalue weighted by atomic mass is 16.3. The molecule has 3 N–H and O–H groups in total. The molecule has 2 rings (SSSR count). The first-order chi connectivity index (χ1) is 10.6. The van der Waals surface area contributed by atoms with Gasteiger partial charge in [0, 0.05) is 13.2 Å². The third-order valence-corrected chi connectivity index (χ3v) is 6.19. The Labute approximate surface area is 136 Å². The summed E-state index contributed by atoms with van der Waals surface area (Å²) in [5.74, 6) is 0. The van der Waals surface area contributed by atoms with Gasteiger partial charge >= 0.3 is 0 Å². The van der Waals surface area contributed by atoms with Crippen molar-refractivity contribution >= 4 is 0 Å². The van der Waals surface area contributed by atoms with Crippen molar-refractivity contribution in [3.05, 3.63) is 0 Å². The topological polar surface area (TPSA) is 60.7 Å². The minimum atomic E-state index is -0.124. The standard InChI is InChI=1S/C19H36O3/c20-15-13-18(9-10-18)7-3-1-5-17(22)6-2-4-8-19(11-12-19)14-16-21/h17,20-22H,1-16H2. The fraction of sp³-hybridized carbons (Fsp3) is 1.00. The first-order valence-corrected chi connectivity index (χ1v) is 9.54. The van der Waals surface area contributed by atoms with Crippen molar-refractivity contribution in [1.29, 1.82) is 0 Å². The highest BCUT2D eigenvalue weighted by molar-refractivity contribution is 4.93. The van der Waals surface area contributed by atoms with E-state index in [1.165, 1.54) is 51.4 Å². The van der Waals surface area contributed by atoms with E-state index in [4.69, 9.17) is 10.2 Å². The quantitative estimate of drug-likeness (QED) is 0.428. The van der Waals surface area contributed by atoms with Crippen molar-refractivity contribution in [2.75, 3.05) is 13.2 Å². The molecule has 0 bridgehead atoms. The Morgan fingerprint density at radius 3 is 1.36 bits per heavy atom. The van der Waals surface area contributed by atoms with Gasteiger partial charge in [-0.05, 0) is 75.0 Å². The van der Waals surface area contributed by atoms with Crippen molar-refractivity contribution < 1.29 is 15.3 Å². The molecular formula is C19H36O3. The van der Waals surface area contributed by atoms with E-state index in [1.54, 1.807) is 0 Å². The minimum absolute atomic E-state index is 0.124. The van der Waals surface area contributed by atoms with Crippen LogP contribution in [-0.4, -0.2) is 34.6 Å². The minimum Gasteiger partial charge on any atom is -0.396 e. The van der Waals surface area contributed by atoms with E-state index in [0.717, 1.165) is 38.5 Å². The molecule has 3 heteroatoms. The Morgan fingerprint density at radius 2 is 1.05 bits per heavy atom. The molecule has 0 aromatic heterocycles.